The molecule has 0 amide bonds. The second kappa shape index (κ2) is 6.01. The van der Waals surface area contributed by atoms with Crippen molar-refractivity contribution in [2.45, 2.75) is 19.9 Å². The number of rotatable bonds is 5. The molecule has 7 nitrogen and oxygen atoms in total. The molecule has 0 spiro atoms. The predicted octanol–water partition coefficient (Wildman–Crippen LogP) is 2.25. The lowest BCUT2D eigenvalue weighted by molar-refractivity contribution is 0.171. The number of hydrogen-bond donors (Lipinski definition) is 2. The highest BCUT2D eigenvalue weighted by Crippen LogP contribution is 2.33. The Hall–Kier alpha value is -2.28. The van der Waals surface area contributed by atoms with Crippen LogP contribution in [0.2, 0.25) is 0 Å². The zero-order valence-corrected chi connectivity index (χ0v) is 12.0. The third kappa shape index (κ3) is 3.08. The number of ether oxygens (including phenoxy) is 2. The number of anilines is 2. The average Bonchev–Trinajstić information content (AvgIpc) is 2.96. The molecule has 2 heterocycles. The molecular weight excluding hydrogens is 272 g/mol. The van der Waals surface area contributed by atoms with E-state index in [0.717, 1.165) is 18.0 Å². The molecule has 0 aliphatic carbocycles. The summed E-state index contributed by atoms with van der Waals surface area (Å²) in [6, 6.07) is 5.97. The molecule has 1 aliphatic rings. The van der Waals surface area contributed by atoms with Gasteiger partial charge in [0.15, 0.2) is 11.5 Å². The Morgan fingerprint density at radius 2 is 2.00 bits per heavy atom. The molecule has 21 heavy (non-hydrogen) atoms. The molecule has 3 rings (SSSR count). The van der Waals surface area contributed by atoms with E-state index in [0.29, 0.717) is 30.9 Å². The van der Waals surface area contributed by atoms with Gasteiger partial charge < -0.3 is 24.5 Å². The third-order valence-corrected chi connectivity index (χ3v) is 3.11. The summed E-state index contributed by atoms with van der Waals surface area (Å²) in [4.78, 5) is 0. The SMILES string of the molecule is CCNC(C)c1nnc(Nc2ccc3c(c2)OCCO3)o1. The minimum atomic E-state index is 0.0262. The average molecular weight is 290 g/mol. The van der Waals surface area contributed by atoms with E-state index in [4.69, 9.17) is 13.9 Å². The molecule has 2 N–H and O–H groups in total. The van der Waals surface area contributed by atoms with Gasteiger partial charge in [-0.05, 0) is 25.6 Å². The van der Waals surface area contributed by atoms with Crippen molar-refractivity contribution in [2.24, 2.45) is 0 Å². The Bertz CT molecular complexity index is 614. The molecule has 0 radical (unpaired) electrons. The summed E-state index contributed by atoms with van der Waals surface area (Å²) in [7, 11) is 0. The second-order valence-corrected chi connectivity index (χ2v) is 4.71. The summed E-state index contributed by atoms with van der Waals surface area (Å²) in [6.07, 6.45) is 0. The molecule has 1 unspecified atom stereocenters. The number of nitrogens with zero attached hydrogens (tertiary/aromatic N) is 2. The van der Waals surface area contributed by atoms with Crippen molar-refractivity contribution in [3.63, 3.8) is 0 Å². The Morgan fingerprint density at radius 3 is 2.81 bits per heavy atom. The lowest BCUT2D eigenvalue weighted by atomic mass is 10.2. The van der Waals surface area contributed by atoms with Crippen LogP contribution in [-0.4, -0.2) is 30.0 Å². The molecule has 0 bridgehead atoms. The topological polar surface area (TPSA) is 81.4 Å². The van der Waals surface area contributed by atoms with E-state index in [-0.39, 0.29) is 6.04 Å². The molecule has 2 aromatic rings. The van der Waals surface area contributed by atoms with E-state index in [1.165, 1.54) is 0 Å². The van der Waals surface area contributed by atoms with Gasteiger partial charge in [-0.2, -0.15) is 0 Å². The molecule has 0 fully saturated rings. The van der Waals surface area contributed by atoms with Crippen molar-refractivity contribution >= 4 is 11.7 Å². The molecule has 112 valence electrons. The van der Waals surface area contributed by atoms with Crippen molar-refractivity contribution in [1.82, 2.24) is 15.5 Å². The molecular formula is C14H18N4O3. The first-order chi connectivity index (χ1) is 10.3. The normalized spacial score (nSPS) is 14.8. The van der Waals surface area contributed by atoms with E-state index in [1.807, 2.05) is 32.0 Å². The van der Waals surface area contributed by atoms with Crippen molar-refractivity contribution in [1.29, 1.82) is 0 Å². The van der Waals surface area contributed by atoms with E-state index in [9.17, 15) is 0 Å². The fraction of sp³-hybridized carbons (Fsp3) is 0.429. The first-order valence-electron chi connectivity index (χ1n) is 6.99. The minimum Gasteiger partial charge on any atom is -0.486 e. The molecule has 1 aromatic heterocycles. The maximum Gasteiger partial charge on any atom is 0.320 e. The van der Waals surface area contributed by atoms with Gasteiger partial charge in [-0.1, -0.05) is 12.0 Å². The third-order valence-electron chi connectivity index (χ3n) is 3.11. The van der Waals surface area contributed by atoms with E-state index >= 15 is 0 Å². The summed E-state index contributed by atoms with van der Waals surface area (Å²) < 4.78 is 16.6. The summed E-state index contributed by atoms with van der Waals surface area (Å²) >= 11 is 0. The monoisotopic (exact) mass is 290 g/mol. The minimum absolute atomic E-state index is 0.0262. The first kappa shape index (κ1) is 13.7. The van der Waals surface area contributed by atoms with Gasteiger partial charge in [0.25, 0.3) is 0 Å². The number of nitrogens with one attached hydrogen (secondary N) is 2. The van der Waals surface area contributed by atoms with Gasteiger partial charge in [0.2, 0.25) is 5.89 Å². The van der Waals surface area contributed by atoms with Gasteiger partial charge in [-0.25, -0.2) is 0 Å². The summed E-state index contributed by atoms with van der Waals surface area (Å²) in [6.45, 7) is 5.98. The molecule has 0 saturated carbocycles. The second-order valence-electron chi connectivity index (χ2n) is 4.71. The first-order valence-corrected chi connectivity index (χ1v) is 6.99. The van der Waals surface area contributed by atoms with Crippen LogP contribution in [0.1, 0.15) is 25.8 Å². The number of fused-ring (bicyclic) bond motifs is 1. The zero-order chi connectivity index (χ0) is 14.7. The van der Waals surface area contributed by atoms with Crippen molar-refractivity contribution in [2.75, 3.05) is 25.1 Å². The summed E-state index contributed by atoms with van der Waals surface area (Å²) in [5.74, 6) is 2.02. The van der Waals surface area contributed by atoms with Crippen LogP contribution in [0.15, 0.2) is 22.6 Å². The van der Waals surface area contributed by atoms with Crippen LogP contribution in [0.3, 0.4) is 0 Å². The van der Waals surface area contributed by atoms with Gasteiger partial charge >= 0.3 is 6.01 Å². The standard InChI is InChI=1S/C14H18N4O3/c1-3-15-9(2)13-17-18-14(21-13)16-10-4-5-11-12(8-10)20-7-6-19-11/h4-5,8-9,15H,3,6-7H2,1-2H3,(H,16,18). The van der Waals surface area contributed by atoms with E-state index < -0.39 is 0 Å². The van der Waals surface area contributed by atoms with Crippen LogP contribution in [0.25, 0.3) is 0 Å². The van der Waals surface area contributed by atoms with Crippen molar-refractivity contribution in [3.8, 4) is 11.5 Å². The highest BCUT2D eigenvalue weighted by molar-refractivity contribution is 5.59. The highest BCUT2D eigenvalue weighted by Gasteiger charge is 2.15. The van der Waals surface area contributed by atoms with Crippen LogP contribution in [0.4, 0.5) is 11.7 Å². The van der Waals surface area contributed by atoms with E-state index in [2.05, 4.69) is 20.8 Å². The Balaban J connectivity index is 1.72. The Morgan fingerprint density at radius 1 is 1.19 bits per heavy atom. The number of hydrogen-bond acceptors (Lipinski definition) is 7. The number of aromatic nitrogens is 2. The van der Waals surface area contributed by atoms with Crippen LogP contribution in [0.5, 0.6) is 11.5 Å². The van der Waals surface area contributed by atoms with Gasteiger partial charge in [-0.15, -0.1) is 5.10 Å². The zero-order valence-electron chi connectivity index (χ0n) is 12.0. The van der Waals surface area contributed by atoms with Gasteiger partial charge in [0.1, 0.15) is 13.2 Å². The molecule has 1 atom stereocenters. The molecule has 1 aliphatic heterocycles. The van der Waals surface area contributed by atoms with Crippen LogP contribution < -0.4 is 20.1 Å². The van der Waals surface area contributed by atoms with E-state index in [1.54, 1.807) is 0 Å². The quantitative estimate of drug-likeness (QED) is 0.874. The fourth-order valence-corrected chi connectivity index (χ4v) is 2.10. The smallest absolute Gasteiger partial charge is 0.320 e. The maximum atomic E-state index is 5.58. The summed E-state index contributed by atoms with van der Waals surface area (Å²) in [5.41, 5.74) is 0.811. The largest absolute Gasteiger partial charge is 0.486 e. The van der Waals surface area contributed by atoms with Gasteiger partial charge in [0, 0.05) is 11.8 Å². The van der Waals surface area contributed by atoms with Crippen LogP contribution in [0, 0.1) is 0 Å². The summed E-state index contributed by atoms with van der Waals surface area (Å²) in [5, 5.41) is 14.3. The lowest BCUT2D eigenvalue weighted by Crippen LogP contribution is -2.17. The molecule has 1 aromatic carbocycles. The molecule has 7 heteroatoms. The van der Waals surface area contributed by atoms with Gasteiger partial charge in [0.05, 0.1) is 6.04 Å². The van der Waals surface area contributed by atoms with Crippen LogP contribution in [-0.2, 0) is 0 Å². The maximum absolute atomic E-state index is 5.58. The molecule has 0 saturated heterocycles. The highest BCUT2D eigenvalue weighted by atomic mass is 16.6. The Labute approximate surface area is 122 Å². The van der Waals surface area contributed by atoms with Crippen molar-refractivity contribution in [3.05, 3.63) is 24.1 Å². The van der Waals surface area contributed by atoms with Crippen molar-refractivity contribution < 1.29 is 13.9 Å². The van der Waals surface area contributed by atoms with Crippen LogP contribution >= 0.6 is 0 Å². The fourth-order valence-electron chi connectivity index (χ4n) is 2.10. The Kier molecular flexibility index (Phi) is 3.92. The predicted molar refractivity (Wildman–Crippen MR) is 77.1 cm³/mol. The lowest BCUT2D eigenvalue weighted by Gasteiger charge is -2.18. The number of benzene rings is 1. The van der Waals surface area contributed by atoms with Gasteiger partial charge in [-0.3, -0.25) is 0 Å².